The summed E-state index contributed by atoms with van der Waals surface area (Å²) in [7, 11) is 3.30. The molecule has 0 bridgehead atoms. The molecule has 1 aromatic heterocycles. The molecule has 3 N–H and O–H groups in total. The number of pyridine rings is 1. The van der Waals surface area contributed by atoms with Crippen molar-refractivity contribution in [2.75, 3.05) is 27.3 Å². The van der Waals surface area contributed by atoms with Crippen molar-refractivity contribution < 1.29 is 19.4 Å². The van der Waals surface area contributed by atoms with Crippen LogP contribution in [0.2, 0.25) is 10.0 Å². The number of amides is 1. The molecule has 4 aromatic rings. The summed E-state index contributed by atoms with van der Waals surface area (Å²) >= 11 is 14.3. The quantitative estimate of drug-likeness (QED) is 0.141. The van der Waals surface area contributed by atoms with Crippen molar-refractivity contribution in [1.29, 1.82) is 0 Å². The Morgan fingerprint density at radius 1 is 0.980 bits per heavy atom. The van der Waals surface area contributed by atoms with Gasteiger partial charge in [0.2, 0.25) is 11.8 Å². The zero-order valence-corrected chi connectivity index (χ0v) is 30.0. The fraction of sp³-hybridized carbons (Fsp3) is 0.385. The lowest BCUT2D eigenvalue weighted by Crippen LogP contribution is -2.40. The van der Waals surface area contributed by atoms with Crippen LogP contribution >= 0.6 is 23.2 Å². The Bertz CT molecular complexity index is 1810. The first-order chi connectivity index (χ1) is 23.7. The van der Waals surface area contributed by atoms with Gasteiger partial charge in [0.15, 0.2) is 0 Å². The summed E-state index contributed by atoms with van der Waals surface area (Å²) in [5.41, 5.74) is 8.16. The molecule has 2 aliphatic rings. The number of carbonyl (C=O) groups excluding carboxylic acids is 1. The summed E-state index contributed by atoms with van der Waals surface area (Å²) in [4.78, 5) is 18.5. The van der Waals surface area contributed by atoms with E-state index in [2.05, 4.69) is 35.4 Å². The number of hydrogen-bond acceptors (Lipinski definition) is 7. The van der Waals surface area contributed by atoms with Crippen molar-refractivity contribution in [3.8, 4) is 45.1 Å². The first kappa shape index (κ1) is 35.2. The summed E-state index contributed by atoms with van der Waals surface area (Å²) in [6, 6.07) is 20.2. The van der Waals surface area contributed by atoms with Crippen LogP contribution in [0.3, 0.4) is 0 Å². The number of carbonyl (C=O) groups is 1. The predicted molar refractivity (Wildman–Crippen MR) is 196 cm³/mol. The van der Waals surface area contributed by atoms with Gasteiger partial charge in [0.1, 0.15) is 12.0 Å². The fourth-order valence-corrected chi connectivity index (χ4v) is 7.52. The van der Waals surface area contributed by atoms with Gasteiger partial charge >= 0.3 is 0 Å². The Morgan fingerprint density at radius 2 is 1.69 bits per heavy atom. The highest BCUT2D eigenvalue weighted by Gasteiger charge is 2.27. The third kappa shape index (κ3) is 7.74. The van der Waals surface area contributed by atoms with Gasteiger partial charge in [-0.1, -0.05) is 85.6 Å². The molecule has 3 heterocycles. The van der Waals surface area contributed by atoms with Crippen LogP contribution in [-0.4, -0.2) is 60.5 Å². The largest absolute Gasteiger partial charge is 0.496 e. The van der Waals surface area contributed by atoms with Gasteiger partial charge in [-0.2, -0.15) is 0 Å². The van der Waals surface area contributed by atoms with Crippen molar-refractivity contribution in [3.05, 3.63) is 87.4 Å². The number of methoxy groups -OCH3 is 2. The number of ether oxygens (including phenoxy) is 2. The van der Waals surface area contributed by atoms with Crippen LogP contribution in [0.4, 0.5) is 0 Å². The molecule has 1 unspecified atom stereocenters. The molecule has 1 fully saturated rings. The van der Waals surface area contributed by atoms with Gasteiger partial charge < -0.3 is 25.2 Å². The molecular formula is C39H44Cl2N4O4. The van der Waals surface area contributed by atoms with Gasteiger partial charge in [-0.15, -0.1) is 0 Å². The standard InChI is InChI=1S/C39H44Cl2N4O4/c1-23(2)17-36(47)45-16-15-24-18-26(19-34(48-3)32(24)22-45)28-7-5-8-29(37(28)40)30-9-6-10-31(38(30)41)33-13-11-25(39(44-33)49-4)20-42-21-27-12-14-35(46)43-27/h5-11,13,18-19,23,27,36,42,47H,12,14-17,20-22H2,1-4H3,(H,43,46)/t27-,36?/m0/s1. The molecular weight excluding hydrogens is 659 g/mol. The van der Waals surface area contributed by atoms with E-state index in [9.17, 15) is 9.90 Å². The van der Waals surface area contributed by atoms with E-state index >= 15 is 0 Å². The van der Waals surface area contributed by atoms with E-state index in [4.69, 9.17) is 37.7 Å². The highest BCUT2D eigenvalue weighted by atomic mass is 35.5. The number of aliphatic hydroxyl groups is 1. The molecule has 0 saturated carbocycles. The van der Waals surface area contributed by atoms with E-state index < -0.39 is 6.23 Å². The van der Waals surface area contributed by atoms with E-state index in [-0.39, 0.29) is 11.9 Å². The van der Waals surface area contributed by atoms with E-state index in [0.717, 1.165) is 70.5 Å². The van der Waals surface area contributed by atoms with Gasteiger partial charge in [0.25, 0.3) is 0 Å². The van der Waals surface area contributed by atoms with Crippen LogP contribution in [0.15, 0.2) is 60.7 Å². The van der Waals surface area contributed by atoms with Crippen LogP contribution in [0.1, 0.15) is 49.8 Å². The van der Waals surface area contributed by atoms with E-state index in [1.165, 1.54) is 5.56 Å². The first-order valence-corrected chi connectivity index (χ1v) is 17.7. The SMILES string of the molecule is COc1cc(-c2cccc(-c3cccc(-c4ccc(CNC[C@@H]5CCC(=O)N5)c(OC)n4)c3Cl)c2Cl)cc2c1CN(C(O)CC(C)C)CC2. The molecule has 0 radical (unpaired) electrons. The number of halogens is 2. The predicted octanol–water partition coefficient (Wildman–Crippen LogP) is 7.50. The van der Waals surface area contributed by atoms with Gasteiger partial charge in [0.05, 0.1) is 30.0 Å². The maximum atomic E-state index is 11.5. The van der Waals surface area contributed by atoms with Crippen molar-refractivity contribution in [3.63, 3.8) is 0 Å². The fourth-order valence-electron chi connectivity index (χ4n) is 6.86. The summed E-state index contributed by atoms with van der Waals surface area (Å²) in [6.07, 6.45) is 2.48. The average Bonchev–Trinajstić information content (AvgIpc) is 3.52. The van der Waals surface area contributed by atoms with Crippen LogP contribution in [-0.2, 0) is 24.3 Å². The normalized spacial score (nSPS) is 16.8. The lowest BCUT2D eigenvalue weighted by atomic mass is 9.91. The Labute approximate surface area is 298 Å². The van der Waals surface area contributed by atoms with E-state index in [0.29, 0.717) is 53.6 Å². The zero-order chi connectivity index (χ0) is 34.7. The lowest BCUT2D eigenvalue weighted by Gasteiger charge is -2.34. The number of benzene rings is 3. The number of nitrogens with zero attached hydrogens (tertiary/aromatic N) is 2. The smallest absolute Gasteiger partial charge is 0.220 e. The van der Waals surface area contributed by atoms with Gasteiger partial charge in [-0.25, -0.2) is 4.98 Å². The maximum absolute atomic E-state index is 11.5. The Kier molecular flexibility index (Phi) is 11.1. The molecule has 2 atom stereocenters. The molecule has 1 amide bonds. The van der Waals surface area contributed by atoms with E-state index in [1.54, 1.807) is 14.2 Å². The van der Waals surface area contributed by atoms with Crippen LogP contribution in [0, 0.1) is 5.92 Å². The molecule has 6 rings (SSSR count). The van der Waals surface area contributed by atoms with Crippen LogP contribution in [0.25, 0.3) is 33.5 Å². The Balaban J connectivity index is 1.26. The molecule has 1 saturated heterocycles. The number of aromatic nitrogens is 1. The zero-order valence-electron chi connectivity index (χ0n) is 28.5. The summed E-state index contributed by atoms with van der Waals surface area (Å²) in [5.74, 6) is 1.82. The molecule has 0 aliphatic carbocycles. The molecule has 3 aromatic carbocycles. The third-order valence-corrected chi connectivity index (χ3v) is 10.3. The minimum Gasteiger partial charge on any atom is -0.496 e. The Hall–Kier alpha value is -3.66. The molecule has 0 spiro atoms. The number of nitrogens with one attached hydrogen (secondary N) is 2. The summed E-state index contributed by atoms with van der Waals surface area (Å²) < 4.78 is 11.6. The molecule has 49 heavy (non-hydrogen) atoms. The highest BCUT2D eigenvalue weighted by molar-refractivity contribution is 6.39. The monoisotopic (exact) mass is 702 g/mol. The van der Waals surface area contributed by atoms with Crippen molar-refractivity contribution >= 4 is 29.1 Å². The van der Waals surface area contributed by atoms with Crippen LogP contribution in [0.5, 0.6) is 11.6 Å². The number of aliphatic hydroxyl groups excluding tert-OH is 1. The molecule has 10 heteroatoms. The van der Waals surface area contributed by atoms with Gasteiger partial charge in [-0.05, 0) is 48.4 Å². The summed E-state index contributed by atoms with van der Waals surface area (Å²) in [5, 5.41) is 18.3. The maximum Gasteiger partial charge on any atom is 0.220 e. The first-order valence-electron chi connectivity index (χ1n) is 16.9. The average molecular weight is 704 g/mol. The lowest BCUT2D eigenvalue weighted by molar-refractivity contribution is -0.119. The van der Waals surface area contributed by atoms with Gasteiger partial charge in [-0.3, -0.25) is 9.69 Å². The topological polar surface area (TPSA) is 96.0 Å². The minimum atomic E-state index is -0.478. The number of fused-ring (bicyclic) bond motifs is 1. The van der Waals surface area contributed by atoms with Gasteiger partial charge in [0, 0.05) is 72.0 Å². The Morgan fingerprint density at radius 3 is 2.37 bits per heavy atom. The second-order valence-corrected chi connectivity index (χ2v) is 14.0. The summed E-state index contributed by atoms with van der Waals surface area (Å²) in [6.45, 7) is 6.92. The second-order valence-electron chi connectivity index (χ2n) is 13.3. The third-order valence-electron chi connectivity index (χ3n) is 9.45. The molecule has 2 aliphatic heterocycles. The van der Waals surface area contributed by atoms with Crippen molar-refractivity contribution in [2.45, 2.75) is 64.9 Å². The van der Waals surface area contributed by atoms with E-state index in [1.807, 2.05) is 54.6 Å². The molecule has 258 valence electrons. The minimum absolute atomic E-state index is 0.104. The highest BCUT2D eigenvalue weighted by Crippen LogP contribution is 2.44. The van der Waals surface area contributed by atoms with Crippen LogP contribution < -0.4 is 20.1 Å². The number of hydrogen-bond donors (Lipinski definition) is 3. The second kappa shape index (κ2) is 15.5. The van der Waals surface area contributed by atoms with Crippen molar-refractivity contribution in [2.24, 2.45) is 5.92 Å². The molecule has 8 nitrogen and oxygen atoms in total. The number of rotatable bonds is 12. The van der Waals surface area contributed by atoms with Crippen molar-refractivity contribution in [1.82, 2.24) is 20.5 Å².